The minimum atomic E-state index is -0.0498. The SMILES string of the molecule is CCCCc1ccc(-n2nnnc2SCC(=O)NC2CCOc3ccccc32)cc1. The molecule has 4 rings (SSSR count). The number of aromatic nitrogens is 4. The van der Waals surface area contributed by atoms with Gasteiger partial charge in [-0.3, -0.25) is 4.79 Å². The number of unbranched alkanes of at least 4 members (excludes halogenated alkanes) is 1. The van der Waals surface area contributed by atoms with Crippen LogP contribution < -0.4 is 10.1 Å². The lowest BCUT2D eigenvalue weighted by Gasteiger charge is -2.26. The van der Waals surface area contributed by atoms with Crippen molar-refractivity contribution in [1.82, 2.24) is 25.5 Å². The number of fused-ring (bicyclic) bond motifs is 1. The lowest BCUT2D eigenvalue weighted by molar-refractivity contribution is -0.119. The quantitative estimate of drug-likeness (QED) is 0.556. The minimum Gasteiger partial charge on any atom is -0.493 e. The van der Waals surface area contributed by atoms with E-state index in [0.29, 0.717) is 11.8 Å². The summed E-state index contributed by atoms with van der Waals surface area (Å²) in [6, 6.07) is 16.1. The van der Waals surface area contributed by atoms with Gasteiger partial charge in [0, 0.05) is 12.0 Å². The predicted molar refractivity (Wildman–Crippen MR) is 116 cm³/mol. The first kappa shape index (κ1) is 20.4. The number of benzene rings is 2. The molecule has 1 amide bonds. The zero-order chi connectivity index (χ0) is 20.8. The Balaban J connectivity index is 1.36. The zero-order valence-electron chi connectivity index (χ0n) is 17.0. The van der Waals surface area contributed by atoms with Crippen molar-refractivity contribution in [3.63, 3.8) is 0 Å². The molecule has 0 saturated heterocycles. The first-order valence-electron chi connectivity index (χ1n) is 10.3. The van der Waals surface area contributed by atoms with Crippen LogP contribution >= 0.6 is 11.8 Å². The van der Waals surface area contributed by atoms with Crippen LogP contribution in [0.1, 0.15) is 43.4 Å². The Labute approximate surface area is 180 Å². The summed E-state index contributed by atoms with van der Waals surface area (Å²) >= 11 is 1.33. The molecule has 1 aromatic heterocycles. The Morgan fingerprint density at radius 1 is 1.23 bits per heavy atom. The van der Waals surface area contributed by atoms with Crippen molar-refractivity contribution in [1.29, 1.82) is 0 Å². The van der Waals surface area contributed by atoms with E-state index in [9.17, 15) is 4.79 Å². The van der Waals surface area contributed by atoms with Gasteiger partial charge in [0.2, 0.25) is 11.1 Å². The second-order valence-electron chi connectivity index (χ2n) is 7.23. The maximum Gasteiger partial charge on any atom is 0.230 e. The molecular formula is C22H25N5O2S. The number of tetrazole rings is 1. The smallest absolute Gasteiger partial charge is 0.230 e. The van der Waals surface area contributed by atoms with Gasteiger partial charge in [-0.25, -0.2) is 0 Å². The van der Waals surface area contributed by atoms with Gasteiger partial charge < -0.3 is 10.1 Å². The number of aryl methyl sites for hydroxylation is 1. The number of carbonyl (C=O) groups excluding carboxylic acids is 1. The normalized spacial score (nSPS) is 15.3. The minimum absolute atomic E-state index is 0.0327. The van der Waals surface area contributed by atoms with Gasteiger partial charge in [-0.05, 0) is 47.0 Å². The average Bonchev–Trinajstić information content (AvgIpc) is 3.25. The monoisotopic (exact) mass is 423 g/mol. The standard InChI is InChI=1S/C22H25N5O2S/c1-2-3-6-16-9-11-17(12-10-16)27-22(24-25-26-27)30-15-21(28)23-19-13-14-29-20-8-5-4-7-18(19)20/h4-5,7-12,19H,2-3,6,13-15H2,1H3,(H,23,28). The highest BCUT2D eigenvalue weighted by atomic mass is 32.2. The molecule has 1 N–H and O–H groups in total. The topological polar surface area (TPSA) is 81.9 Å². The third-order valence-electron chi connectivity index (χ3n) is 5.07. The molecule has 30 heavy (non-hydrogen) atoms. The summed E-state index contributed by atoms with van der Waals surface area (Å²) in [5.74, 6) is 1.04. The van der Waals surface area contributed by atoms with Crippen LogP contribution in [0.3, 0.4) is 0 Å². The molecule has 0 saturated carbocycles. The summed E-state index contributed by atoms with van der Waals surface area (Å²) in [6.07, 6.45) is 4.19. The Bertz CT molecular complexity index is 989. The molecule has 1 aliphatic rings. The van der Waals surface area contributed by atoms with E-state index in [1.165, 1.54) is 30.2 Å². The molecule has 8 heteroatoms. The van der Waals surface area contributed by atoms with Crippen LogP contribution in [0, 0.1) is 0 Å². The van der Waals surface area contributed by atoms with Gasteiger partial charge in [0.25, 0.3) is 0 Å². The van der Waals surface area contributed by atoms with Gasteiger partial charge in [0.05, 0.1) is 24.1 Å². The van der Waals surface area contributed by atoms with Crippen molar-refractivity contribution >= 4 is 17.7 Å². The van der Waals surface area contributed by atoms with Crippen molar-refractivity contribution in [2.24, 2.45) is 0 Å². The van der Waals surface area contributed by atoms with Crippen molar-refractivity contribution in [2.75, 3.05) is 12.4 Å². The van der Waals surface area contributed by atoms with E-state index >= 15 is 0 Å². The highest BCUT2D eigenvalue weighted by Gasteiger charge is 2.23. The number of para-hydroxylation sites is 1. The molecule has 2 heterocycles. The molecule has 7 nitrogen and oxygen atoms in total. The molecule has 0 fully saturated rings. The lowest BCUT2D eigenvalue weighted by atomic mass is 10.0. The Hall–Kier alpha value is -2.87. The fourth-order valence-electron chi connectivity index (χ4n) is 3.47. The highest BCUT2D eigenvalue weighted by molar-refractivity contribution is 7.99. The fraction of sp³-hybridized carbons (Fsp3) is 0.364. The van der Waals surface area contributed by atoms with Crippen LogP contribution in [0.2, 0.25) is 0 Å². The van der Waals surface area contributed by atoms with Gasteiger partial charge in [-0.1, -0.05) is 55.4 Å². The molecule has 1 atom stereocenters. The Kier molecular flexibility index (Phi) is 6.63. The Morgan fingerprint density at radius 2 is 2.07 bits per heavy atom. The Morgan fingerprint density at radius 3 is 2.90 bits per heavy atom. The molecule has 1 aliphatic heterocycles. The number of nitrogens with zero attached hydrogens (tertiary/aromatic N) is 4. The van der Waals surface area contributed by atoms with Gasteiger partial charge >= 0.3 is 0 Å². The average molecular weight is 424 g/mol. The van der Waals surface area contributed by atoms with E-state index in [1.54, 1.807) is 4.68 Å². The number of amides is 1. The van der Waals surface area contributed by atoms with Crippen LogP contribution in [0.4, 0.5) is 0 Å². The molecule has 0 aliphatic carbocycles. The maximum absolute atomic E-state index is 12.6. The second kappa shape index (κ2) is 9.75. The third kappa shape index (κ3) is 4.81. The van der Waals surface area contributed by atoms with Gasteiger partial charge in [0.1, 0.15) is 5.75 Å². The van der Waals surface area contributed by atoms with E-state index < -0.39 is 0 Å². The third-order valence-corrected chi connectivity index (χ3v) is 5.99. The number of hydrogen-bond donors (Lipinski definition) is 1. The summed E-state index contributed by atoms with van der Waals surface area (Å²) in [6.45, 7) is 2.79. The van der Waals surface area contributed by atoms with Crippen LogP contribution in [-0.4, -0.2) is 38.5 Å². The molecule has 2 aromatic carbocycles. The van der Waals surface area contributed by atoms with E-state index in [4.69, 9.17) is 4.74 Å². The van der Waals surface area contributed by atoms with Crippen molar-refractivity contribution < 1.29 is 9.53 Å². The highest BCUT2D eigenvalue weighted by Crippen LogP contribution is 2.31. The molecule has 0 spiro atoms. The predicted octanol–water partition coefficient (Wildman–Crippen LogP) is 3.74. The maximum atomic E-state index is 12.6. The molecule has 1 unspecified atom stereocenters. The van der Waals surface area contributed by atoms with Crippen LogP contribution in [0.25, 0.3) is 5.69 Å². The number of nitrogens with one attached hydrogen (secondary N) is 1. The van der Waals surface area contributed by atoms with Crippen LogP contribution in [0.5, 0.6) is 5.75 Å². The summed E-state index contributed by atoms with van der Waals surface area (Å²) in [7, 11) is 0. The number of thioether (sulfide) groups is 1. The van der Waals surface area contributed by atoms with Gasteiger partial charge in [-0.15, -0.1) is 5.10 Å². The molecule has 3 aromatic rings. The molecule has 156 valence electrons. The van der Waals surface area contributed by atoms with E-state index in [0.717, 1.165) is 29.8 Å². The number of ether oxygens (including phenoxy) is 1. The summed E-state index contributed by atoms with van der Waals surface area (Å²) < 4.78 is 7.33. The lowest BCUT2D eigenvalue weighted by Crippen LogP contribution is -2.33. The first-order chi connectivity index (χ1) is 14.7. The van der Waals surface area contributed by atoms with Crippen LogP contribution in [-0.2, 0) is 11.2 Å². The fourth-order valence-corrected chi connectivity index (χ4v) is 4.18. The van der Waals surface area contributed by atoms with Crippen molar-refractivity contribution in [3.8, 4) is 11.4 Å². The first-order valence-corrected chi connectivity index (χ1v) is 11.2. The van der Waals surface area contributed by atoms with Gasteiger partial charge in [0.15, 0.2) is 0 Å². The zero-order valence-corrected chi connectivity index (χ0v) is 17.8. The largest absolute Gasteiger partial charge is 0.493 e. The van der Waals surface area contributed by atoms with E-state index in [-0.39, 0.29) is 17.7 Å². The molecular weight excluding hydrogens is 398 g/mol. The number of carbonyl (C=O) groups is 1. The number of rotatable bonds is 8. The summed E-state index contributed by atoms with van der Waals surface area (Å²) in [5, 5.41) is 15.7. The molecule has 0 radical (unpaired) electrons. The van der Waals surface area contributed by atoms with Crippen molar-refractivity contribution in [3.05, 3.63) is 59.7 Å². The summed E-state index contributed by atoms with van der Waals surface area (Å²) in [5.41, 5.74) is 3.22. The molecule has 0 bridgehead atoms. The van der Waals surface area contributed by atoms with Gasteiger partial charge in [-0.2, -0.15) is 4.68 Å². The van der Waals surface area contributed by atoms with Crippen LogP contribution in [0.15, 0.2) is 53.7 Å². The number of hydrogen-bond acceptors (Lipinski definition) is 6. The van der Waals surface area contributed by atoms with E-state index in [1.807, 2.05) is 36.4 Å². The summed E-state index contributed by atoms with van der Waals surface area (Å²) in [4.78, 5) is 12.6. The van der Waals surface area contributed by atoms with Crippen molar-refractivity contribution in [2.45, 2.75) is 43.8 Å². The second-order valence-corrected chi connectivity index (χ2v) is 8.17. The van der Waals surface area contributed by atoms with E-state index in [2.05, 4.69) is 39.9 Å².